The first kappa shape index (κ1) is 22.1. The summed E-state index contributed by atoms with van der Waals surface area (Å²) in [6.45, 7) is 4.39. The normalized spacial score (nSPS) is 11.9. The molecule has 2 aromatic carbocycles. The average molecular weight is 449 g/mol. The maximum absolute atomic E-state index is 13.5. The topological polar surface area (TPSA) is 77.2 Å². The van der Waals surface area contributed by atoms with E-state index in [1.807, 2.05) is 32.0 Å². The van der Waals surface area contributed by atoms with Crippen LogP contribution in [0, 0.1) is 13.8 Å². The lowest BCUT2D eigenvalue weighted by molar-refractivity contribution is -0.159. The molecule has 0 fully saturated rings. The number of hydrogen-bond acceptors (Lipinski definition) is 5. The van der Waals surface area contributed by atoms with Gasteiger partial charge in [0.2, 0.25) is 0 Å². The summed E-state index contributed by atoms with van der Waals surface area (Å²) in [6, 6.07) is 11.6. The Morgan fingerprint density at radius 2 is 1.76 bits per heavy atom. The Kier molecular flexibility index (Phi) is 5.68. The van der Waals surface area contributed by atoms with Gasteiger partial charge in [0.1, 0.15) is 5.82 Å². The van der Waals surface area contributed by atoms with E-state index in [1.165, 1.54) is 41.2 Å². The number of benzene rings is 2. The molecule has 33 heavy (non-hydrogen) atoms. The lowest BCUT2D eigenvalue weighted by atomic mass is 10.1. The number of alkyl halides is 2. The van der Waals surface area contributed by atoms with Gasteiger partial charge in [0, 0.05) is 18.7 Å². The number of rotatable bonds is 5. The SMILES string of the molecule is Cc1cccc(C)c1-n1c(/C=C/c2cccc(OC(C)(F)F)c2O)nc2cnccc2c1=O. The molecular weight excluding hydrogens is 428 g/mol. The van der Waals surface area contributed by atoms with Crippen LogP contribution in [0.2, 0.25) is 0 Å². The highest BCUT2D eigenvalue weighted by Gasteiger charge is 2.25. The van der Waals surface area contributed by atoms with Crippen molar-refractivity contribution in [1.82, 2.24) is 14.5 Å². The van der Waals surface area contributed by atoms with Gasteiger partial charge in [-0.2, -0.15) is 8.78 Å². The van der Waals surface area contributed by atoms with Crippen LogP contribution in [-0.2, 0) is 0 Å². The first-order chi connectivity index (χ1) is 15.7. The largest absolute Gasteiger partial charge is 0.504 e. The van der Waals surface area contributed by atoms with E-state index < -0.39 is 11.9 Å². The van der Waals surface area contributed by atoms with Gasteiger partial charge in [-0.15, -0.1) is 0 Å². The number of halogens is 2. The molecular formula is C25H21F2N3O3. The van der Waals surface area contributed by atoms with Crippen molar-refractivity contribution in [2.45, 2.75) is 26.9 Å². The summed E-state index contributed by atoms with van der Waals surface area (Å²) in [5.41, 5.74) is 2.82. The Hall–Kier alpha value is -4.07. The van der Waals surface area contributed by atoms with Gasteiger partial charge in [0.25, 0.3) is 5.56 Å². The predicted molar refractivity (Wildman–Crippen MR) is 123 cm³/mol. The van der Waals surface area contributed by atoms with Crippen LogP contribution in [0.1, 0.15) is 29.4 Å². The molecule has 0 aliphatic carbocycles. The first-order valence-electron chi connectivity index (χ1n) is 10.2. The molecule has 168 valence electrons. The highest BCUT2D eigenvalue weighted by atomic mass is 19.3. The van der Waals surface area contributed by atoms with Crippen LogP contribution in [-0.4, -0.2) is 25.8 Å². The number of nitrogens with zero attached hydrogens (tertiary/aromatic N) is 3. The summed E-state index contributed by atoms with van der Waals surface area (Å²) in [5, 5.41) is 10.8. The van der Waals surface area contributed by atoms with Crippen molar-refractivity contribution in [3.8, 4) is 17.2 Å². The molecule has 2 aromatic heterocycles. The van der Waals surface area contributed by atoms with Gasteiger partial charge in [-0.3, -0.25) is 14.3 Å². The molecule has 1 N–H and O–H groups in total. The minimum atomic E-state index is -3.45. The van der Waals surface area contributed by atoms with Crippen molar-refractivity contribution < 1.29 is 18.6 Å². The molecule has 8 heteroatoms. The molecule has 0 atom stereocenters. The molecule has 6 nitrogen and oxygen atoms in total. The molecule has 0 unspecified atom stereocenters. The third-order valence-corrected chi connectivity index (χ3v) is 5.09. The molecule has 0 saturated carbocycles. The number of aromatic nitrogens is 3. The van der Waals surface area contributed by atoms with Crippen molar-refractivity contribution in [1.29, 1.82) is 0 Å². The average Bonchev–Trinajstić information content (AvgIpc) is 2.75. The summed E-state index contributed by atoms with van der Waals surface area (Å²) in [6.07, 6.45) is 2.61. The number of fused-ring (bicyclic) bond motifs is 1. The molecule has 2 heterocycles. The molecule has 0 aliphatic rings. The van der Waals surface area contributed by atoms with Crippen LogP contribution in [0.25, 0.3) is 28.7 Å². The lowest BCUT2D eigenvalue weighted by Gasteiger charge is -2.16. The second-order valence-electron chi connectivity index (χ2n) is 7.68. The van der Waals surface area contributed by atoms with Crippen LogP contribution in [0.3, 0.4) is 0 Å². The van der Waals surface area contributed by atoms with Crippen LogP contribution >= 0.6 is 0 Å². The first-order valence-corrected chi connectivity index (χ1v) is 10.2. The Bertz CT molecular complexity index is 1420. The Morgan fingerprint density at radius 3 is 2.45 bits per heavy atom. The number of ether oxygens (including phenoxy) is 1. The third-order valence-electron chi connectivity index (χ3n) is 5.09. The lowest BCUT2D eigenvalue weighted by Crippen LogP contribution is -2.24. The molecule has 0 bridgehead atoms. The van der Waals surface area contributed by atoms with E-state index >= 15 is 0 Å². The van der Waals surface area contributed by atoms with Crippen molar-refractivity contribution in [2.75, 3.05) is 0 Å². The summed E-state index contributed by atoms with van der Waals surface area (Å²) in [5.74, 6) is -0.504. The number of phenols is 1. The fourth-order valence-electron chi connectivity index (χ4n) is 3.65. The standard InChI is InChI=1S/C25H21F2N3O3/c1-15-6-4-7-16(2)22(15)30-21(29-19-14-28-13-12-18(19)24(30)32)11-10-17-8-5-9-20(23(17)31)33-25(3,26)27/h4-14,31H,1-3H3/b11-10+. The van der Waals surface area contributed by atoms with E-state index in [4.69, 9.17) is 0 Å². The zero-order valence-electron chi connectivity index (χ0n) is 18.2. The number of aromatic hydroxyl groups is 1. The van der Waals surface area contributed by atoms with E-state index in [0.29, 0.717) is 29.3 Å². The zero-order valence-corrected chi connectivity index (χ0v) is 18.2. The van der Waals surface area contributed by atoms with Gasteiger partial charge in [-0.25, -0.2) is 4.98 Å². The van der Waals surface area contributed by atoms with Gasteiger partial charge in [0.05, 0.1) is 22.8 Å². The molecule has 0 aliphatic heterocycles. The van der Waals surface area contributed by atoms with Crippen LogP contribution in [0.5, 0.6) is 11.5 Å². The van der Waals surface area contributed by atoms with E-state index in [-0.39, 0.29) is 16.9 Å². The summed E-state index contributed by atoms with van der Waals surface area (Å²) >= 11 is 0. The van der Waals surface area contributed by atoms with Gasteiger partial charge >= 0.3 is 6.11 Å². The summed E-state index contributed by atoms with van der Waals surface area (Å²) in [4.78, 5) is 22.1. The van der Waals surface area contributed by atoms with Crippen LogP contribution < -0.4 is 10.3 Å². The fourth-order valence-corrected chi connectivity index (χ4v) is 3.65. The van der Waals surface area contributed by atoms with E-state index in [9.17, 15) is 18.7 Å². The zero-order chi connectivity index (χ0) is 23.8. The number of phenolic OH excluding ortho intramolecular Hbond substituents is 1. The number of pyridine rings is 1. The third kappa shape index (κ3) is 4.45. The molecule has 4 rings (SSSR count). The summed E-state index contributed by atoms with van der Waals surface area (Å²) < 4.78 is 32.6. The minimum Gasteiger partial charge on any atom is -0.504 e. The maximum atomic E-state index is 13.5. The molecule has 0 saturated heterocycles. The Labute approximate surface area is 188 Å². The molecule has 4 aromatic rings. The minimum absolute atomic E-state index is 0.227. The molecule has 0 radical (unpaired) electrons. The van der Waals surface area contributed by atoms with E-state index in [2.05, 4.69) is 14.7 Å². The van der Waals surface area contributed by atoms with Gasteiger partial charge < -0.3 is 9.84 Å². The predicted octanol–water partition coefficient (Wildman–Crippen LogP) is 5.27. The van der Waals surface area contributed by atoms with Crippen molar-refractivity contribution in [3.63, 3.8) is 0 Å². The Morgan fingerprint density at radius 1 is 1.06 bits per heavy atom. The smallest absolute Gasteiger partial charge is 0.395 e. The summed E-state index contributed by atoms with van der Waals surface area (Å²) in [7, 11) is 0. The van der Waals surface area contributed by atoms with Crippen molar-refractivity contribution in [3.05, 3.63) is 87.7 Å². The van der Waals surface area contributed by atoms with Crippen molar-refractivity contribution >= 4 is 23.1 Å². The van der Waals surface area contributed by atoms with Gasteiger partial charge in [0.15, 0.2) is 11.5 Å². The van der Waals surface area contributed by atoms with Gasteiger partial charge in [-0.1, -0.05) is 30.3 Å². The van der Waals surface area contributed by atoms with Crippen molar-refractivity contribution in [2.24, 2.45) is 0 Å². The highest BCUT2D eigenvalue weighted by molar-refractivity contribution is 5.80. The second kappa shape index (κ2) is 8.46. The molecule has 0 spiro atoms. The maximum Gasteiger partial charge on any atom is 0.395 e. The van der Waals surface area contributed by atoms with Gasteiger partial charge in [-0.05, 0) is 49.3 Å². The molecule has 0 amide bonds. The van der Waals surface area contributed by atoms with E-state index in [0.717, 1.165) is 11.1 Å². The highest BCUT2D eigenvalue weighted by Crippen LogP contribution is 2.34. The number of aryl methyl sites for hydroxylation is 2. The van der Waals surface area contributed by atoms with E-state index in [1.54, 1.807) is 12.1 Å². The van der Waals surface area contributed by atoms with Crippen LogP contribution in [0.4, 0.5) is 8.78 Å². The number of para-hydroxylation sites is 2. The monoisotopic (exact) mass is 449 g/mol. The Balaban J connectivity index is 1.91. The quantitative estimate of drug-likeness (QED) is 0.449. The fraction of sp³-hybridized carbons (Fsp3) is 0.160. The number of hydrogen-bond donors (Lipinski definition) is 1. The second-order valence-corrected chi connectivity index (χ2v) is 7.68. The van der Waals surface area contributed by atoms with Crippen LogP contribution in [0.15, 0.2) is 59.7 Å².